The maximum absolute atomic E-state index is 12.5. The van der Waals surface area contributed by atoms with Crippen LogP contribution < -0.4 is 0 Å². The second-order valence-electron chi connectivity index (χ2n) is 5.03. The lowest BCUT2D eigenvalue weighted by atomic mass is 10.3. The van der Waals surface area contributed by atoms with Crippen LogP contribution in [-0.2, 0) is 23.6 Å². The van der Waals surface area contributed by atoms with Crippen molar-refractivity contribution in [2.24, 2.45) is 7.05 Å². The van der Waals surface area contributed by atoms with Gasteiger partial charge < -0.3 is 4.57 Å². The second kappa shape index (κ2) is 5.51. The molecule has 0 amide bonds. The van der Waals surface area contributed by atoms with Crippen LogP contribution in [0.3, 0.4) is 0 Å². The Morgan fingerprint density at radius 2 is 1.95 bits per heavy atom. The van der Waals surface area contributed by atoms with Crippen molar-refractivity contribution in [2.75, 3.05) is 7.05 Å². The number of nitrogens with zero attached hydrogens (tertiary/aromatic N) is 4. The monoisotopic (exact) mass is 316 g/mol. The molecule has 0 N–H and O–H groups in total. The topological polar surface area (TPSA) is 68.1 Å². The largest absolute Gasteiger partial charge is 0.330 e. The zero-order valence-corrected chi connectivity index (χ0v) is 13.2. The van der Waals surface area contributed by atoms with Gasteiger partial charge in [-0.05, 0) is 24.3 Å². The second-order valence-corrected chi connectivity index (χ2v) is 7.07. The molecular weight excluding hydrogens is 300 g/mol. The van der Waals surface area contributed by atoms with Gasteiger partial charge in [-0.1, -0.05) is 12.1 Å². The number of aryl methyl sites for hydroxylation is 1. The van der Waals surface area contributed by atoms with Crippen LogP contribution in [0, 0.1) is 0 Å². The number of para-hydroxylation sites is 2. The average molecular weight is 316 g/mol. The number of hydrogen-bond donors (Lipinski definition) is 0. The minimum Gasteiger partial charge on any atom is -0.330 e. The molecule has 6 nitrogen and oxygen atoms in total. The summed E-state index contributed by atoms with van der Waals surface area (Å²) in [6.45, 7) is 0.197. The molecule has 2 heterocycles. The number of aromatic nitrogens is 3. The quantitative estimate of drug-likeness (QED) is 0.736. The smallest absolute Gasteiger partial charge is 0.244 e. The number of benzene rings is 1. The van der Waals surface area contributed by atoms with Crippen LogP contribution in [0.1, 0.15) is 5.82 Å². The minimum atomic E-state index is -3.57. The van der Waals surface area contributed by atoms with Crippen molar-refractivity contribution in [1.29, 1.82) is 0 Å². The first kappa shape index (κ1) is 14.7. The summed E-state index contributed by atoms with van der Waals surface area (Å²) in [5, 5.41) is 0. The molecule has 2 aromatic heterocycles. The Hall–Kier alpha value is -2.25. The molecule has 22 heavy (non-hydrogen) atoms. The number of rotatable bonds is 4. The molecule has 0 spiro atoms. The first-order valence-electron chi connectivity index (χ1n) is 6.77. The molecule has 0 bridgehead atoms. The van der Waals surface area contributed by atoms with E-state index in [1.807, 2.05) is 35.9 Å². The lowest BCUT2D eigenvalue weighted by molar-refractivity contribution is 0.452. The van der Waals surface area contributed by atoms with Gasteiger partial charge in [-0.25, -0.2) is 13.4 Å². The SMILES string of the molecule is CN(Cc1nc2ccccc2n1C)S(=O)(=O)c1cccnc1. The van der Waals surface area contributed by atoms with Crippen molar-refractivity contribution >= 4 is 21.1 Å². The van der Waals surface area contributed by atoms with Crippen LogP contribution in [0.4, 0.5) is 0 Å². The van der Waals surface area contributed by atoms with E-state index in [1.165, 1.54) is 16.6 Å². The Labute approximate surface area is 129 Å². The van der Waals surface area contributed by atoms with Crippen LogP contribution >= 0.6 is 0 Å². The van der Waals surface area contributed by atoms with Crippen LogP contribution in [0.25, 0.3) is 11.0 Å². The first-order valence-corrected chi connectivity index (χ1v) is 8.21. The summed E-state index contributed by atoms with van der Waals surface area (Å²) < 4.78 is 28.2. The number of hydrogen-bond acceptors (Lipinski definition) is 4. The lowest BCUT2D eigenvalue weighted by Gasteiger charge is -2.16. The van der Waals surface area contributed by atoms with Gasteiger partial charge in [0.2, 0.25) is 10.0 Å². The van der Waals surface area contributed by atoms with Crippen molar-refractivity contribution in [3.8, 4) is 0 Å². The maximum Gasteiger partial charge on any atom is 0.244 e. The van der Waals surface area contributed by atoms with Crippen molar-refractivity contribution < 1.29 is 8.42 Å². The van der Waals surface area contributed by atoms with Crippen LogP contribution in [0.5, 0.6) is 0 Å². The van der Waals surface area contributed by atoms with Gasteiger partial charge in [0.1, 0.15) is 10.7 Å². The molecular formula is C15H16N4O2S. The third kappa shape index (κ3) is 2.49. The average Bonchev–Trinajstić information content (AvgIpc) is 2.85. The zero-order valence-electron chi connectivity index (χ0n) is 12.3. The molecule has 0 aliphatic heterocycles. The normalized spacial score (nSPS) is 12.1. The lowest BCUT2D eigenvalue weighted by Crippen LogP contribution is -2.27. The summed E-state index contributed by atoms with van der Waals surface area (Å²) >= 11 is 0. The van der Waals surface area contributed by atoms with E-state index in [9.17, 15) is 8.42 Å². The van der Waals surface area contributed by atoms with E-state index in [0.717, 1.165) is 11.0 Å². The summed E-state index contributed by atoms with van der Waals surface area (Å²) in [5.74, 6) is 0.691. The molecule has 0 aliphatic rings. The highest BCUT2D eigenvalue weighted by Crippen LogP contribution is 2.18. The van der Waals surface area contributed by atoms with E-state index >= 15 is 0 Å². The minimum absolute atomic E-state index is 0.177. The molecule has 0 unspecified atom stereocenters. The predicted molar refractivity (Wildman–Crippen MR) is 83.6 cm³/mol. The van der Waals surface area contributed by atoms with E-state index in [1.54, 1.807) is 19.3 Å². The highest BCUT2D eigenvalue weighted by atomic mass is 32.2. The summed E-state index contributed by atoms with van der Waals surface area (Å²) in [6, 6.07) is 10.9. The fourth-order valence-electron chi connectivity index (χ4n) is 2.30. The van der Waals surface area contributed by atoms with Gasteiger partial charge in [0.25, 0.3) is 0 Å². The molecule has 7 heteroatoms. The maximum atomic E-state index is 12.5. The van der Waals surface area contributed by atoms with Gasteiger partial charge in [-0.2, -0.15) is 4.31 Å². The van der Waals surface area contributed by atoms with Crippen molar-refractivity contribution in [3.63, 3.8) is 0 Å². The fraction of sp³-hybridized carbons (Fsp3) is 0.200. The molecule has 0 fully saturated rings. The number of pyridine rings is 1. The Bertz CT molecular complexity index is 904. The molecule has 114 valence electrons. The van der Waals surface area contributed by atoms with Gasteiger partial charge in [0.15, 0.2) is 0 Å². The van der Waals surface area contributed by atoms with Gasteiger partial charge in [0.05, 0.1) is 17.6 Å². The van der Waals surface area contributed by atoms with E-state index in [2.05, 4.69) is 9.97 Å². The molecule has 3 rings (SSSR count). The van der Waals surface area contributed by atoms with Gasteiger partial charge in [-0.3, -0.25) is 4.98 Å². The molecule has 1 aromatic carbocycles. The zero-order chi connectivity index (χ0) is 15.7. The molecule has 0 saturated heterocycles. The fourth-order valence-corrected chi connectivity index (χ4v) is 3.39. The van der Waals surface area contributed by atoms with Crippen molar-refractivity contribution in [2.45, 2.75) is 11.4 Å². The Morgan fingerprint density at radius 1 is 1.18 bits per heavy atom. The molecule has 0 saturated carbocycles. The van der Waals surface area contributed by atoms with E-state index in [0.29, 0.717) is 5.82 Å². The van der Waals surface area contributed by atoms with E-state index in [-0.39, 0.29) is 11.4 Å². The number of fused-ring (bicyclic) bond motifs is 1. The third-order valence-corrected chi connectivity index (χ3v) is 5.37. The summed E-state index contributed by atoms with van der Waals surface area (Å²) in [4.78, 5) is 8.54. The molecule has 3 aromatic rings. The van der Waals surface area contributed by atoms with E-state index in [4.69, 9.17) is 0 Å². The molecule has 0 atom stereocenters. The van der Waals surface area contributed by atoms with Crippen LogP contribution in [0.2, 0.25) is 0 Å². The third-order valence-electron chi connectivity index (χ3n) is 3.59. The Morgan fingerprint density at radius 3 is 2.64 bits per heavy atom. The Balaban J connectivity index is 1.93. The van der Waals surface area contributed by atoms with Gasteiger partial charge in [0, 0.05) is 26.5 Å². The summed E-state index contributed by atoms with van der Waals surface area (Å²) in [5.41, 5.74) is 1.83. The highest BCUT2D eigenvalue weighted by molar-refractivity contribution is 7.89. The van der Waals surface area contributed by atoms with Crippen molar-refractivity contribution in [3.05, 3.63) is 54.6 Å². The standard InChI is InChI=1S/C15H16N4O2S/c1-18(22(20,21)12-6-5-9-16-10-12)11-15-17-13-7-3-4-8-14(13)19(15)2/h3-10H,11H2,1-2H3. The molecule has 0 aliphatic carbocycles. The Kier molecular flexibility index (Phi) is 3.67. The van der Waals surface area contributed by atoms with E-state index < -0.39 is 10.0 Å². The molecule has 0 radical (unpaired) electrons. The van der Waals surface area contributed by atoms with Gasteiger partial charge in [-0.15, -0.1) is 0 Å². The summed E-state index contributed by atoms with van der Waals surface area (Å²) in [7, 11) is -0.146. The first-order chi connectivity index (χ1) is 10.5. The number of imidazole rings is 1. The predicted octanol–water partition coefficient (Wildman–Crippen LogP) is 1.79. The highest BCUT2D eigenvalue weighted by Gasteiger charge is 2.22. The van der Waals surface area contributed by atoms with Crippen molar-refractivity contribution in [1.82, 2.24) is 18.8 Å². The summed E-state index contributed by atoms with van der Waals surface area (Å²) in [6.07, 6.45) is 2.89. The van der Waals surface area contributed by atoms with Gasteiger partial charge >= 0.3 is 0 Å². The van der Waals surface area contributed by atoms with Crippen LogP contribution in [-0.4, -0.2) is 34.3 Å². The number of sulfonamides is 1. The van der Waals surface area contributed by atoms with Crippen LogP contribution in [0.15, 0.2) is 53.7 Å².